The normalized spacial score (nSPS) is 10.8. The van der Waals surface area contributed by atoms with Gasteiger partial charge >= 0.3 is 0 Å². The highest BCUT2D eigenvalue weighted by Gasteiger charge is 2.13. The van der Waals surface area contributed by atoms with Gasteiger partial charge in [-0.2, -0.15) is 5.10 Å². The zero-order chi connectivity index (χ0) is 17.1. The lowest BCUT2D eigenvalue weighted by molar-refractivity contribution is -0.131. The number of carbonyl (C=O) groups is 1. The maximum Gasteiger partial charge on any atom is 0.244 e. The second-order valence-electron chi connectivity index (χ2n) is 5.86. The van der Waals surface area contributed by atoms with Crippen molar-refractivity contribution in [2.24, 2.45) is 0 Å². The fourth-order valence-corrected chi connectivity index (χ4v) is 2.67. The van der Waals surface area contributed by atoms with E-state index in [0.29, 0.717) is 17.4 Å². The second kappa shape index (κ2) is 6.66. The molecule has 0 aliphatic carbocycles. The minimum atomic E-state index is -0.137. The van der Waals surface area contributed by atoms with Crippen molar-refractivity contribution in [2.45, 2.75) is 20.0 Å². The third kappa shape index (κ3) is 3.20. The van der Waals surface area contributed by atoms with E-state index >= 15 is 0 Å². The van der Waals surface area contributed by atoms with Gasteiger partial charge in [-0.1, -0.05) is 36.4 Å². The first kappa shape index (κ1) is 15.9. The number of benzene rings is 2. The van der Waals surface area contributed by atoms with Gasteiger partial charge in [-0.25, -0.2) is 0 Å². The van der Waals surface area contributed by atoms with Crippen LogP contribution in [-0.4, -0.2) is 27.6 Å². The zero-order valence-electron chi connectivity index (χ0n) is 13.8. The fourth-order valence-electron chi connectivity index (χ4n) is 2.67. The molecule has 3 aromatic rings. The Balaban J connectivity index is 1.81. The molecule has 0 fully saturated rings. The summed E-state index contributed by atoms with van der Waals surface area (Å²) >= 11 is 0. The highest BCUT2D eigenvalue weighted by Crippen LogP contribution is 2.11. The van der Waals surface area contributed by atoms with Gasteiger partial charge in [0.1, 0.15) is 6.54 Å². The molecule has 2 aromatic carbocycles. The SMILES string of the molecule is Cc1ccccc1CN(C)C(=O)Cn1ncc(=O)c2ccccc21. The molecule has 1 heterocycles. The van der Waals surface area contributed by atoms with E-state index < -0.39 is 0 Å². The lowest BCUT2D eigenvalue weighted by Gasteiger charge is -2.19. The Kier molecular flexibility index (Phi) is 4.42. The van der Waals surface area contributed by atoms with E-state index in [-0.39, 0.29) is 17.9 Å². The van der Waals surface area contributed by atoms with Crippen molar-refractivity contribution >= 4 is 16.8 Å². The van der Waals surface area contributed by atoms with Crippen molar-refractivity contribution in [3.05, 3.63) is 76.1 Å². The van der Waals surface area contributed by atoms with E-state index in [9.17, 15) is 9.59 Å². The number of likely N-dealkylation sites (N-methyl/N-ethyl adjacent to an activating group) is 1. The fraction of sp³-hybridized carbons (Fsp3) is 0.211. The molecular weight excluding hydrogens is 302 g/mol. The molecule has 0 aliphatic heterocycles. The lowest BCUT2D eigenvalue weighted by atomic mass is 10.1. The molecule has 5 heteroatoms. The molecule has 122 valence electrons. The van der Waals surface area contributed by atoms with Crippen LogP contribution in [0.15, 0.2) is 59.5 Å². The minimum Gasteiger partial charge on any atom is -0.340 e. The van der Waals surface area contributed by atoms with Gasteiger partial charge in [0.15, 0.2) is 0 Å². The van der Waals surface area contributed by atoms with Crippen LogP contribution >= 0.6 is 0 Å². The van der Waals surface area contributed by atoms with Crippen LogP contribution in [0, 0.1) is 6.92 Å². The predicted molar refractivity (Wildman–Crippen MR) is 93.7 cm³/mol. The van der Waals surface area contributed by atoms with Crippen LogP contribution in [0.25, 0.3) is 10.9 Å². The van der Waals surface area contributed by atoms with Gasteiger partial charge in [0.05, 0.1) is 11.7 Å². The topological polar surface area (TPSA) is 55.2 Å². The van der Waals surface area contributed by atoms with Gasteiger partial charge in [-0.3, -0.25) is 14.3 Å². The summed E-state index contributed by atoms with van der Waals surface area (Å²) in [6.45, 7) is 2.68. The van der Waals surface area contributed by atoms with Gasteiger partial charge in [0.25, 0.3) is 0 Å². The molecular formula is C19H19N3O2. The highest BCUT2D eigenvalue weighted by atomic mass is 16.2. The summed E-state index contributed by atoms with van der Waals surface area (Å²) in [6, 6.07) is 15.2. The van der Waals surface area contributed by atoms with E-state index in [1.54, 1.807) is 34.8 Å². The third-order valence-electron chi connectivity index (χ3n) is 4.14. The molecule has 0 atom stereocenters. The predicted octanol–water partition coefficient (Wildman–Crippen LogP) is 2.36. The molecule has 1 aromatic heterocycles. The summed E-state index contributed by atoms with van der Waals surface area (Å²) in [7, 11) is 1.78. The van der Waals surface area contributed by atoms with Crippen LogP contribution in [0.4, 0.5) is 0 Å². The first-order valence-corrected chi connectivity index (χ1v) is 7.79. The summed E-state index contributed by atoms with van der Waals surface area (Å²) in [5.74, 6) is -0.0560. The Hall–Kier alpha value is -2.95. The summed E-state index contributed by atoms with van der Waals surface area (Å²) < 4.78 is 1.58. The molecule has 5 nitrogen and oxygen atoms in total. The number of hydrogen-bond donors (Lipinski definition) is 0. The average Bonchev–Trinajstić information content (AvgIpc) is 2.59. The quantitative estimate of drug-likeness (QED) is 0.741. The maximum absolute atomic E-state index is 12.5. The number of hydrogen-bond acceptors (Lipinski definition) is 3. The molecule has 0 unspecified atom stereocenters. The van der Waals surface area contributed by atoms with Gasteiger partial charge in [0.2, 0.25) is 11.3 Å². The molecule has 0 N–H and O–H groups in total. The molecule has 24 heavy (non-hydrogen) atoms. The summed E-state index contributed by atoms with van der Waals surface area (Å²) in [5.41, 5.74) is 2.81. The maximum atomic E-state index is 12.5. The monoisotopic (exact) mass is 321 g/mol. The van der Waals surface area contributed by atoms with E-state index in [1.807, 2.05) is 37.3 Å². The van der Waals surface area contributed by atoms with Crippen LogP contribution < -0.4 is 5.43 Å². The Bertz CT molecular complexity index is 946. The molecule has 0 saturated heterocycles. The Morgan fingerprint density at radius 2 is 1.83 bits per heavy atom. The smallest absolute Gasteiger partial charge is 0.244 e. The van der Waals surface area contributed by atoms with E-state index in [1.165, 1.54) is 6.20 Å². The number of carbonyl (C=O) groups excluding carboxylic acids is 1. The number of aromatic nitrogens is 2. The minimum absolute atomic E-state index is 0.0560. The standard InChI is InChI=1S/C19H19N3O2/c1-14-7-3-4-8-15(14)12-21(2)19(24)13-22-17-10-6-5-9-16(17)18(23)11-20-22/h3-11H,12-13H2,1-2H3. The Labute approximate surface area is 140 Å². The zero-order valence-corrected chi connectivity index (χ0v) is 13.8. The van der Waals surface area contributed by atoms with Crippen LogP contribution in [-0.2, 0) is 17.9 Å². The highest BCUT2D eigenvalue weighted by molar-refractivity contribution is 5.81. The van der Waals surface area contributed by atoms with Gasteiger partial charge in [-0.05, 0) is 30.2 Å². The Morgan fingerprint density at radius 1 is 1.12 bits per heavy atom. The lowest BCUT2D eigenvalue weighted by Crippen LogP contribution is -2.31. The molecule has 3 rings (SSSR count). The molecule has 0 saturated carbocycles. The van der Waals surface area contributed by atoms with Crippen molar-refractivity contribution in [1.29, 1.82) is 0 Å². The largest absolute Gasteiger partial charge is 0.340 e. The van der Waals surface area contributed by atoms with E-state index in [0.717, 1.165) is 11.1 Å². The number of amides is 1. The molecule has 1 amide bonds. The van der Waals surface area contributed by atoms with Crippen LogP contribution in [0.2, 0.25) is 0 Å². The van der Waals surface area contributed by atoms with Gasteiger partial charge in [0, 0.05) is 19.0 Å². The number of rotatable bonds is 4. The molecule has 0 aliphatic rings. The van der Waals surface area contributed by atoms with Crippen molar-refractivity contribution in [1.82, 2.24) is 14.7 Å². The van der Waals surface area contributed by atoms with E-state index in [2.05, 4.69) is 5.10 Å². The average molecular weight is 321 g/mol. The number of nitrogens with zero attached hydrogens (tertiary/aromatic N) is 3. The second-order valence-corrected chi connectivity index (χ2v) is 5.86. The first-order chi connectivity index (χ1) is 11.6. The summed E-state index contributed by atoms with van der Waals surface area (Å²) in [5, 5.41) is 4.68. The molecule has 0 radical (unpaired) electrons. The molecule has 0 bridgehead atoms. The van der Waals surface area contributed by atoms with Crippen LogP contribution in [0.5, 0.6) is 0 Å². The van der Waals surface area contributed by atoms with Crippen molar-refractivity contribution in [3.8, 4) is 0 Å². The number of para-hydroxylation sites is 1. The summed E-state index contributed by atoms with van der Waals surface area (Å²) in [6.07, 6.45) is 1.26. The van der Waals surface area contributed by atoms with Crippen molar-refractivity contribution < 1.29 is 4.79 Å². The van der Waals surface area contributed by atoms with Gasteiger partial charge < -0.3 is 4.90 Å². The van der Waals surface area contributed by atoms with Crippen molar-refractivity contribution in [3.63, 3.8) is 0 Å². The third-order valence-corrected chi connectivity index (χ3v) is 4.14. The van der Waals surface area contributed by atoms with Crippen LogP contribution in [0.1, 0.15) is 11.1 Å². The number of aryl methyl sites for hydroxylation is 1. The molecule has 0 spiro atoms. The van der Waals surface area contributed by atoms with E-state index in [4.69, 9.17) is 0 Å². The van der Waals surface area contributed by atoms with Crippen molar-refractivity contribution in [2.75, 3.05) is 7.05 Å². The number of fused-ring (bicyclic) bond motifs is 1. The Morgan fingerprint density at radius 3 is 2.62 bits per heavy atom. The van der Waals surface area contributed by atoms with Gasteiger partial charge in [-0.15, -0.1) is 0 Å². The van der Waals surface area contributed by atoms with Crippen LogP contribution in [0.3, 0.4) is 0 Å². The first-order valence-electron chi connectivity index (χ1n) is 7.79. The summed E-state index contributed by atoms with van der Waals surface area (Å²) in [4.78, 5) is 26.1.